The Morgan fingerprint density at radius 2 is 2.33 bits per heavy atom. The van der Waals surface area contributed by atoms with E-state index in [0.717, 1.165) is 12.8 Å². The average molecular weight is 290 g/mol. The van der Waals surface area contributed by atoms with E-state index in [-0.39, 0.29) is 12.1 Å². The van der Waals surface area contributed by atoms with Crippen molar-refractivity contribution >= 4 is 5.97 Å². The van der Waals surface area contributed by atoms with Crippen molar-refractivity contribution in [3.63, 3.8) is 0 Å². The Morgan fingerprint density at radius 1 is 1.57 bits per heavy atom. The van der Waals surface area contributed by atoms with E-state index in [1.165, 1.54) is 6.07 Å². The van der Waals surface area contributed by atoms with E-state index in [1.54, 1.807) is 12.1 Å². The van der Waals surface area contributed by atoms with Gasteiger partial charge in [0.15, 0.2) is 0 Å². The van der Waals surface area contributed by atoms with Gasteiger partial charge < -0.3 is 5.11 Å². The normalized spacial score (nSPS) is 22.1. The second-order valence-electron chi connectivity index (χ2n) is 5.50. The van der Waals surface area contributed by atoms with Crippen molar-refractivity contribution in [3.05, 3.63) is 35.1 Å². The third kappa shape index (κ3) is 2.77. The summed E-state index contributed by atoms with van der Waals surface area (Å²) in [5, 5.41) is 18.5. The number of nitrogens with zero attached hydrogens (tertiary/aromatic N) is 2. The molecule has 1 aromatic rings. The maximum absolute atomic E-state index is 14.2. The van der Waals surface area contributed by atoms with Crippen molar-refractivity contribution in [2.45, 2.75) is 44.7 Å². The summed E-state index contributed by atoms with van der Waals surface area (Å²) in [4.78, 5) is 13.6. The van der Waals surface area contributed by atoms with Gasteiger partial charge in [-0.1, -0.05) is 25.5 Å². The molecule has 0 spiro atoms. The fourth-order valence-corrected chi connectivity index (χ4v) is 3.20. The zero-order valence-corrected chi connectivity index (χ0v) is 12.1. The number of rotatable bonds is 5. The highest BCUT2D eigenvalue weighted by molar-refractivity contribution is 5.79. The van der Waals surface area contributed by atoms with Crippen LogP contribution in [-0.4, -0.2) is 28.1 Å². The van der Waals surface area contributed by atoms with Crippen LogP contribution in [0.4, 0.5) is 4.39 Å². The molecule has 1 unspecified atom stereocenters. The molecule has 1 heterocycles. The van der Waals surface area contributed by atoms with Crippen LogP contribution in [0.25, 0.3) is 0 Å². The minimum Gasteiger partial charge on any atom is -0.480 e. The summed E-state index contributed by atoms with van der Waals surface area (Å²) in [5.41, 5.74) is -0.509. The molecule has 5 heteroatoms. The summed E-state index contributed by atoms with van der Waals surface area (Å²) in [6.45, 7) is 2.83. The van der Waals surface area contributed by atoms with Gasteiger partial charge in [0, 0.05) is 12.1 Å². The number of carbonyl (C=O) groups is 1. The first kappa shape index (κ1) is 15.5. The Morgan fingerprint density at radius 3 is 2.95 bits per heavy atom. The molecule has 0 aromatic heterocycles. The fourth-order valence-electron chi connectivity index (χ4n) is 3.20. The fraction of sp³-hybridized carbons (Fsp3) is 0.500. The summed E-state index contributed by atoms with van der Waals surface area (Å²) in [5.74, 6) is -1.37. The maximum Gasteiger partial charge on any atom is 0.324 e. The number of aliphatic carboxylic acids is 1. The third-order valence-corrected chi connectivity index (χ3v) is 4.25. The molecule has 1 aromatic carbocycles. The average Bonchev–Trinajstić information content (AvgIpc) is 2.86. The first-order valence-corrected chi connectivity index (χ1v) is 7.21. The van der Waals surface area contributed by atoms with Gasteiger partial charge in [-0.15, -0.1) is 0 Å². The molecular weight excluding hydrogens is 271 g/mol. The SMILES string of the molecule is CCCC1(C(=O)O)CCCN1Cc1cccc(C#N)c1F. The topological polar surface area (TPSA) is 64.3 Å². The van der Waals surface area contributed by atoms with Crippen LogP contribution >= 0.6 is 0 Å². The second-order valence-corrected chi connectivity index (χ2v) is 5.50. The minimum atomic E-state index is -0.899. The smallest absolute Gasteiger partial charge is 0.324 e. The molecule has 0 saturated carbocycles. The molecule has 1 atom stereocenters. The van der Waals surface area contributed by atoms with Crippen LogP contribution in [0, 0.1) is 17.1 Å². The lowest BCUT2D eigenvalue weighted by molar-refractivity contribution is -0.150. The van der Waals surface area contributed by atoms with Crippen molar-refractivity contribution in [2.24, 2.45) is 0 Å². The number of hydrogen-bond acceptors (Lipinski definition) is 3. The van der Waals surface area contributed by atoms with E-state index in [2.05, 4.69) is 0 Å². The van der Waals surface area contributed by atoms with E-state index in [4.69, 9.17) is 5.26 Å². The molecular formula is C16H19FN2O2. The maximum atomic E-state index is 14.2. The van der Waals surface area contributed by atoms with Gasteiger partial charge in [-0.25, -0.2) is 4.39 Å². The molecule has 1 aliphatic heterocycles. The van der Waals surface area contributed by atoms with Crippen LogP contribution in [0.5, 0.6) is 0 Å². The van der Waals surface area contributed by atoms with E-state index in [1.807, 2.05) is 17.9 Å². The van der Waals surface area contributed by atoms with E-state index < -0.39 is 17.3 Å². The number of hydrogen-bond donors (Lipinski definition) is 1. The van der Waals surface area contributed by atoms with Gasteiger partial charge in [-0.05, 0) is 31.9 Å². The van der Waals surface area contributed by atoms with Crippen molar-refractivity contribution in [3.8, 4) is 6.07 Å². The van der Waals surface area contributed by atoms with Gasteiger partial charge in [0.05, 0.1) is 5.56 Å². The Kier molecular flexibility index (Phi) is 4.59. The molecule has 1 fully saturated rings. The van der Waals surface area contributed by atoms with E-state index in [0.29, 0.717) is 24.9 Å². The molecule has 0 bridgehead atoms. The molecule has 0 aliphatic carbocycles. The largest absolute Gasteiger partial charge is 0.480 e. The monoisotopic (exact) mass is 290 g/mol. The molecule has 2 rings (SSSR count). The molecule has 1 aliphatic rings. The number of halogens is 1. The van der Waals surface area contributed by atoms with Gasteiger partial charge in [-0.3, -0.25) is 9.69 Å². The van der Waals surface area contributed by atoms with Crippen LogP contribution in [-0.2, 0) is 11.3 Å². The molecule has 1 saturated heterocycles. The zero-order valence-electron chi connectivity index (χ0n) is 12.1. The van der Waals surface area contributed by atoms with Crippen molar-refractivity contribution in [2.75, 3.05) is 6.54 Å². The second kappa shape index (κ2) is 6.23. The molecule has 0 radical (unpaired) electrons. The lowest BCUT2D eigenvalue weighted by Crippen LogP contribution is -2.50. The number of carboxylic acid groups (broad SMARTS) is 1. The molecule has 4 nitrogen and oxygen atoms in total. The van der Waals surface area contributed by atoms with Crippen molar-refractivity contribution in [1.29, 1.82) is 5.26 Å². The lowest BCUT2D eigenvalue weighted by Gasteiger charge is -2.34. The van der Waals surface area contributed by atoms with Crippen LogP contribution in [0.1, 0.15) is 43.7 Å². The van der Waals surface area contributed by atoms with E-state index >= 15 is 0 Å². The summed E-state index contributed by atoms with van der Waals surface area (Å²) in [7, 11) is 0. The summed E-state index contributed by atoms with van der Waals surface area (Å²) >= 11 is 0. The van der Waals surface area contributed by atoms with Crippen LogP contribution < -0.4 is 0 Å². The Bertz CT molecular complexity index is 582. The molecule has 21 heavy (non-hydrogen) atoms. The summed E-state index contributed by atoms with van der Waals surface area (Å²) in [6.07, 6.45) is 2.72. The predicted octanol–water partition coefficient (Wildman–Crippen LogP) is 2.92. The van der Waals surface area contributed by atoms with Crippen LogP contribution in [0.15, 0.2) is 18.2 Å². The Hall–Kier alpha value is -1.93. The van der Waals surface area contributed by atoms with Crippen molar-refractivity contribution in [1.82, 2.24) is 4.90 Å². The zero-order chi connectivity index (χ0) is 15.5. The van der Waals surface area contributed by atoms with Crippen LogP contribution in [0.2, 0.25) is 0 Å². The highest BCUT2D eigenvalue weighted by atomic mass is 19.1. The molecule has 112 valence electrons. The number of benzene rings is 1. The van der Waals surface area contributed by atoms with E-state index in [9.17, 15) is 14.3 Å². The van der Waals surface area contributed by atoms with Gasteiger partial charge in [-0.2, -0.15) is 5.26 Å². The minimum absolute atomic E-state index is 0.00288. The Balaban J connectivity index is 2.30. The third-order valence-electron chi connectivity index (χ3n) is 4.25. The predicted molar refractivity (Wildman–Crippen MR) is 76.0 cm³/mol. The Labute approximate surface area is 123 Å². The van der Waals surface area contributed by atoms with Gasteiger partial charge in [0.25, 0.3) is 0 Å². The quantitative estimate of drug-likeness (QED) is 0.905. The standard InChI is InChI=1S/C16H19FN2O2/c1-2-7-16(15(20)21)8-4-9-19(16)11-13-6-3-5-12(10-18)14(13)17/h3,5-6H,2,4,7-9,11H2,1H3,(H,20,21). The van der Waals surface area contributed by atoms with Crippen LogP contribution in [0.3, 0.4) is 0 Å². The molecule has 1 N–H and O–H groups in total. The van der Waals surface area contributed by atoms with Gasteiger partial charge in [0.1, 0.15) is 17.4 Å². The number of carboxylic acids is 1. The van der Waals surface area contributed by atoms with Gasteiger partial charge in [0.2, 0.25) is 0 Å². The van der Waals surface area contributed by atoms with Gasteiger partial charge >= 0.3 is 5.97 Å². The summed E-state index contributed by atoms with van der Waals surface area (Å²) < 4.78 is 14.2. The highest BCUT2D eigenvalue weighted by Crippen LogP contribution is 2.35. The van der Waals surface area contributed by atoms with Crippen molar-refractivity contribution < 1.29 is 14.3 Å². The first-order chi connectivity index (χ1) is 10.0. The summed E-state index contributed by atoms with van der Waals surface area (Å²) in [6, 6.07) is 6.50. The lowest BCUT2D eigenvalue weighted by atomic mass is 9.90. The first-order valence-electron chi connectivity index (χ1n) is 7.21. The number of nitriles is 1. The highest BCUT2D eigenvalue weighted by Gasteiger charge is 2.46. The number of likely N-dealkylation sites (tertiary alicyclic amines) is 1. The molecule has 0 amide bonds.